The van der Waals surface area contributed by atoms with E-state index in [4.69, 9.17) is 10.7 Å². The molecule has 35 heavy (non-hydrogen) atoms. The maximum atomic E-state index is 14.0. The molecule has 10 heteroatoms. The van der Waals surface area contributed by atoms with Crippen LogP contribution in [-0.4, -0.2) is 36.8 Å². The summed E-state index contributed by atoms with van der Waals surface area (Å²) in [5.41, 5.74) is 8.13. The number of aromatic nitrogens is 5. The van der Waals surface area contributed by atoms with Crippen molar-refractivity contribution >= 4 is 28.4 Å². The van der Waals surface area contributed by atoms with Crippen LogP contribution in [0.15, 0.2) is 46.0 Å². The van der Waals surface area contributed by atoms with Gasteiger partial charge in [-0.15, -0.1) is 0 Å². The van der Waals surface area contributed by atoms with Gasteiger partial charge in [-0.05, 0) is 31.4 Å². The molecule has 4 rings (SSSR count). The van der Waals surface area contributed by atoms with Crippen molar-refractivity contribution in [2.75, 3.05) is 17.2 Å². The number of hydrogen-bond acceptors (Lipinski definition) is 6. The number of aryl methyl sites for hydroxylation is 2. The number of rotatable bonds is 6. The number of benzene rings is 1. The molecule has 0 aliphatic rings. The second-order valence-corrected chi connectivity index (χ2v) is 8.77. The Morgan fingerprint density at radius 3 is 2.51 bits per heavy atom. The normalized spacial score (nSPS) is 11.4. The van der Waals surface area contributed by atoms with E-state index in [1.807, 2.05) is 51.1 Å². The number of anilines is 2. The van der Waals surface area contributed by atoms with Crippen molar-refractivity contribution in [3.8, 4) is 0 Å². The topological polar surface area (TPSA) is 132 Å². The molecule has 0 saturated carbocycles. The van der Waals surface area contributed by atoms with E-state index >= 15 is 0 Å². The number of hydrogen-bond donors (Lipinski definition) is 2. The molecule has 0 atom stereocenters. The van der Waals surface area contributed by atoms with Crippen LogP contribution < -0.4 is 21.9 Å². The lowest BCUT2D eigenvalue weighted by molar-refractivity contribution is 0.0989. The second-order valence-electron chi connectivity index (χ2n) is 8.77. The van der Waals surface area contributed by atoms with Gasteiger partial charge in [0.05, 0.1) is 23.2 Å². The molecule has 182 valence electrons. The molecular weight excluding hydrogens is 446 g/mol. The molecule has 1 aromatic carbocycles. The molecule has 10 nitrogen and oxygen atoms in total. The monoisotopic (exact) mass is 475 g/mol. The lowest BCUT2D eigenvalue weighted by atomic mass is 10.0. The molecule has 0 aliphatic heterocycles. The van der Waals surface area contributed by atoms with Crippen molar-refractivity contribution in [1.29, 1.82) is 0 Å². The van der Waals surface area contributed by atoms with Crippen LogP contribution in [0.1, 0.15) is 54.0 Å². The van der Waals surface area contributed by atoms with E-state index in [1.54, 1.807) is 24.7 Å². The molecule has 0 radical (unpaired) electrons. The van der Waals surface area contributed by atoms with E-state index in [0.29, 0.717) is 22.3 Å². The predicted octanol–water partition coefficient (Wildman–Crippen LogP) is 2.55. The first-order valence-electron chi connectivity index (χ1n) is 11.5. The highest BCUT2D eigenvalue weighted by molar-refractivity contribution is 6.14. The van der Waals surface area contributed by atoms with E-state index in [9.17, 15) is 14.4 Å². The van der Waals surface area contributed by atoms with E-state index in [-0.39, 0.29) is 30.5 Å². The van der Waals surface area contributed by atoms with Gasteiger partial charge in [-0.25, -0.2) is 9.78 Å². The third-order valence-electron chi connectivity index (χ3n) is 6.04. The molecule has 0 aliphatic carbocycles. The number of aromatic amines is 1. The quantitative estimate of drug-likeness (QED) is 0.440. The van der Waals surface area contributed by atoms with Crippen LogP contribution in [-0.2, 0) is 13.6 Å². The fraction of sp³-hybridized carbons (Fsp3) is 0.320. The summed E-state index contributed by atoms with van der Waals surface area (Å²) < 4.78 is 2.91. The molecular formula is C25H29N7O3. The summed E-state index contributed by atoms with van der Waals surface area (Å²) in [7, 11) is 1.78. The highest BCUT2D eigenvalue weighted by Crippen LogP contribution is 2.28. The molecule has 3 N–H and O–H groups in total. The number of H-pyrrole nitrogens is 1. The fourth-order valence-corrected chi connectivity index (χ4v) is 4.24. The number of amides is 1. The number of fused-ring (bicyclic) bond motifs is 1. The van der Waals surface area contributed by atoms with Crippen LogP contribution in [0.4, 0.5) is 11.5 Å². The molecule has 0 spiro atoms. The van der Waals surface area contributed by atoms with Crippen LogP contribution in [0.25, 0.3) is 11.0 Å². The van der Waals surface area contributed by atoms with Crippen molar-refractivity contribution in [2.24, 2.45) is 7.05 Å². The van der Waals surface area contributed by atoms with E-state index in [1.165, 1.54) is 9.47 Å². The first kappa shape index (κ1) is 23.9. The Kier molecular flexibility index (Phi) is 6.29. The van der Waals surface area contributed by atoms with Crippen molar-refractivity contribution in [3.05, 3.63) is 79.8 Å². The average molecular weight is 476 g/mol. The number of nitrogen functional groups attached to an aromatic ring is 1. The SMILES string of the molecule is CCN(C(=O)c1cc(C(C)C)nc2c1c(C)nn2C)c1c(N)n(Cc2ccccc2)c(=O)[nH]c1=O. The lowest BCUT2D eigenvalue weighted by Gasteiger charge is -2.24. The Morgan fingerprint density at radius 1 is 1.20 bits per heavy atom. The summed E-state index contributed by atoms with van der Waals surface area (Å²) in [4.78, 5) is 47.8. The van der Waals surface area contributed by atoms with Gasteiger partial charge < -0.3 is 10.6 Å². The molecule has 3 heterocycles. The van der Waals surface area contributed by atoms with Crippen molar-refractivity contribution in [3.63, 3.8) is 0 Å². The van der Waals surface area contributed by atoms with E-state index in [0.717, 1.165) is 11.3 Å². The van der Waals surface area contributed by atoms with Gasteiger partial charge in [0.1, 0.15) is 5.82 Å². The zero-order valence-corrected chi connectivity index (χ0v) is 20.5. The van der Waals surface area contributed by atoms with Crippen LogP contribution in [0.3, 0.4) is 0 Å². The summed E-state index contributed by atoms with van der Waals surface area (Å²) in [6.07, 6.45) is 0. The Bertz CT molecular complexity index is 1530. The minimum absolute atomic E-state index is 0.0642. The molecule has 1 amide bonds. The maximum Gasteiger partial charge on any atom is 0.330 e. The van der Waals surface area contributed by atoms with Gasteiger partial charge in [-0.1, -0.05) is 44.2 Å². The Balaban J connectivity index is 1.89. The molecule has 0 bridgehead atoms. The molecule has 0 unspecified atom stereocenters. The molecule has 0 fully saturated rings. The Hall–Kier alpha value is -4.21. The summed E-state index contributed by atoms with van der Waals surface area (Å²) in [5, 5.41) is 5.06. The third-order valence-corrected chi connectivity index (χ3v) is 6.04. The zero-order valence-electron chi connectivity index (χ0n) is 20.5. The van der Waals surface area contributed by atoms with Crippen molar-refractivity contribution in [1.82, 2.24) is 24.3 Å². The number of nitrogens with one attached hydrogen (secondary N) is 1. The second kappa shape index (κ2) is 9.21. The number of nitrogens with zero attached hydrogens (tertiary/aromatic N) is 5. The Labute approximate surface area is 202 Å². The summed E-state index contributed by atoms with van der Waals surface area (Å²) >= 11 is 0. The Morgan fingerprint density at radius 2 is 1.89 bits per heavy atom. The highest BCUT2D eigenvalue weighted by atomic mass is 16.2. The largest absolute Gasteiger partial charge is 0.383 e. The van der Waals surface area contributed by atoms with Gasteiger partial charge in [0, 0.05) is 19.3 Å². The third kappa shape index (κ3) is 4.23. The van der Waals surface area contributed by atoms with E-state index < -0.39 is 17.2 Å². The fourth-order valence-electron chi connectivity index (χ4n) is 4.24. The minimum Gasteiger partial charge on any atom is -0.383 e. The number of pyridine rings is 1. The minimum atomic E-state index is -0.718. The van der Waals surface area contributed by atoms with Crippen LogP contribution >= 0.6 is 0 Å². The number of nitrogens with two attached hydrogens (primary N) is 1. The number of carbonyl (C=O) groups excluding carboxylic acids is 1. The van der Waals surface area contributed by atoms with Gasteiger partial charge >= 0.3 is 5.69 Å². The van der Waals surface area contributed by atoms with Gasteiger partial charge in [0.25, 0.3) is 11.5 Å². The molecule has 0 saturated heterocycles. The van der Waals surface area contributed by atoms with Gasteiger partial charge in [0.2, 0.25) is 0 Å². The predicted molar refractivity (Wildman–Crippen MR) is 136 cm³/mol. The first-order valence-corrected chi connectivity index (χ1v) is 11.5. The summed E-state index contributed by atoms with van der Waals surface area (Å²) in [5.74, 6) is -0.424. The summed E-state index contributed by atoms with van der Waals surface area (Å²) in [6, 6.07) is 11.0. The van der Waals surface area contributed by atoms with Crippen molar-refractivity contribution in [2.45, 2.75) is 40.2 Å². The zero-order chi connectivity index (χ0) is 25.4. The smallest absolute Gasteiger partial charge is 0.330 e. The first-order chi connectivity index (χ1) is 16.6. The molecule has 3 aromatic heterocycles. The maximum absolute atomic E-state index is 14.0. The van der Waals surface area contributed by atoms with Crippen LogP contribution in [0, 0.1) is 6.92 Å². The van der Waals surface area contributed by atoms with Crippen LogP contribution in [0.2, 0.25) is 0 Å². The van der Waals surface area contributed by atoms with Gasteiger partial charge in [-0.3, -0.25) is 23.8 Å². The molecule has 4 aromatic rings. The van der Waals surface area contributed by atoms with Crippen molar-refractivity contribution < 1.29 is 4.79 Å². The van der Waals surface area contributed by atoms with Gasteiger partial charge in [-0.2, -0.15) is 5.10 Å². The van der Waals surface area contributed by atoms with E-state index in [2.05, 4.69) is 10.1 Å². The lowest BCUT2D eigenvalue weighted by Crippen LogP contribution is -2.41. The summed E-state index contributed by atoms with van der Waals surface area (Å²) in [6.45, 7) is 7.86. The highest BCUT2D eigenvalue weighted by Gasteiger charge is 2.28. The standard InChI is InChI=1S/C25H29N7O3/c1-6-31(20-21(26)32(25(35)28-23(20)33)13-16-10-8-7-9-11-16)24(34)17-12-18(14(2)3)27-22-19(17)15(4)29-30(22)5/h7-12,14H,6,13,26H2,1-5H3,(H,28,33,35). The van der Waals surface area contributed by atoms with Gasteiger partial charge in [0.15, 0.2) is 11.3 Å². The van der Waals surface area contributed by atoms with Crippen LogP contribution in [0.5, 0.6) is 0 Å². The average Bonchev–Trinajstić information content (AvgIpc) is 3.12. The number of carbonyl (C=O) groups is 1.